The zero-order valence-corrected chi connectivity index (χ0v) is 12.4. The van der Waals surface area contributed by atoms with Crippen molar-refractivity contribution < 1.29 is 9.53 Å². The maximum Gasteiger partial charge on any atom is 0.348 e. The first-order valence-corrected chi connectivity index (χ1v) is 7.79. The van der Waals surface area contributed by atoms with Gasteiger partial charge in [0.05, 0.1) is 10.4 Å². The van der Waals surface area contributed by atoms with Crippen LogP contribution in [-0.4, -0.2) is 12.6 Å². The van der Waals surface area contributed by atoms with Gasteiger partial charge in [-0.3, -0.25) is 0 Å². The Balaban J connectivity index is 2.22. The molecule has 1 heterocycles. The van der Waals surface area contributed by atoms with Gasteiger partial charge in [-0.1, -0.05) is 19.3 Å². The van der Waals surface area contributed by atoms with Gasteiger partial charge in [0.2, 0.25) is 0 Å². The van der Waals surface area contributed by atoms with Crippen LogP contribution in [0.1, 0.15) is 60.2 Å². The van der Waals surface area contributed by atoms with Crippen molar-refractivity contribution in [3.8, 4) is 0 Å². The number of thiophene rings is 1. The highest BCUT2D eigenvalue weighted by Crippen LogP contribution is 2.39. The SMILES string of the molecule is CCOC(=O)c1sc(Br)cc1C1CCCCC1. The van der Waals surface area contributed by atoms with E-state index in [2.05, 4.69) is 22.0 Å². The van der Waals surface area contributed by atoms with Crippen molar-refractivity contribution in [3.05, 3.63) is 20.3 Å². The first-order chi connectivity index (χ1) is 8.22. The number of rotatable bonds is 3. The number of esters is 1. The molecule has 1 aliphatic rings. The van der Waals surface area contributed by atoms with E-state index in [1.165, 1.54) is 49.0 Å². The molecule has 17 heavy (non-hydrogen) atoms. The molecule has 2 nitrogen and oxygen atoms in total. The van der Waals surface area contributed by atoms with Crippen LogP contribution in [0.3, 0.4) is 0 Å². The Kier molecular flexibility index (Phi) is 4.62. The zero-order valence-electron chi connectivity index (χ0n) is 10.0. The quantitative estimate of drug-likeness (QED) is 0.753. The highest BCUT2D eigenvalue weighted by molar-refractivity contribution is 9.11. The third kappa shape index (κ3) is 3.10. The van der Waals surface area contributed by atoms with Gasteiger partial charge in [-0.25, -0.2) is 4.79 Å². The summed E-state index contributed by atoms with van der Waals surface area (Å²) in [7, 11) is 0. The monoisotopic (exact) mass is 316 g/mol. The average Bonchev–Trinajstić information content (AvgIpc) is 2.73. The summed E-state index contributed by atoms with van der Waals surface area (Å²) in [6.45, 7) is 2.29. The molecule has 0 radical (unpaired) electrons. The molecule has 1 aromatic rings. The topological polar surface area (TPSA) is 26.3 Å². The van der Waals surface area contributed by atoms with E-state index in [-0.39, 0.29) is 5.97 Å². The number of hydrogen-bond acceptors (Lipinski definition) is 3. The first-order valence-electron chi connectivity index (χ1n) is 6.18. The Morgan fingerprint density at radius 2 is 2.18 bits per heavy atom. The molecule has 0 spiro atoms. The van der Waals surface area contributed by atoms with Crippen LogP contribution in [0.2, 0.25) is 0 Å². The molecule has 0 atom stereocenters. The molecule has 1 saturated carbocycles. The van der Waals surface area contributed by atoms with Gasteiger partial charge in [0, 0.05) is 0 Å². The zero-order chi connectivity index (χ0) is 12.3. The second kappa shape index (κ2) is 6.01. The summed E-state index contributed by atoms with van der Waals surface area (Å²) in [6.07, 6.45) is 6.29. The molecule has 0 saturated heterocycles. The molecular weight excluding hydrogens is 300 g/mol. The second-order valence-electron chi connectivity index (χ2n) is 4.39. The van der Waals surface area contributed by atoms with Gasteiger partial charge in [0.25, 0.3) is 0 Å². The van der Waals surface area contributed by atoms with Crippen LogP contribution >= 0.6 is 27.3 Å². The fraction of sp³-hybridized carbons (Fsp3) is 0.615. The molecular formula is C13H17BrO2S. The summed E-state index contributed by atoms with van der Waals surface area (Å²) in [5.41, 5.74) is 1.19. The Bertz CT molecular complexity index is 394. The summed E-state index contributed by atoms with van der Waals surface area (Å²) in [5.74, 6) is 0.384. The average molecular weight is 317 g/mol. The van der Waals surface area contributed by atoms with Crippen molar-refractivity contribution >= 4 is 33.2 Å². The van der Waals surface area contributed by atoms with Gasteiger partial charge >= 0.3 is 5.97 Å². The minimum Gasteiger partial charge on any atom is -0.462 e. The fourth-order valence-corrected chi connectivity index (χ4v) is 4.05. The lowest BCUT2D eigenvalue weighted by Gasteiger charge is -2.21. The number of carbonyl (C=O) groups is 1. The van der Waals surface area contributed by atoms with E-state index in [1.807, 2.05) is 6.92 Å². The van der Waals surface area contributed by atoms with Crippen molar-refractivity contribution in [2.24, 2.45) is 0 Å². The van der Waals surface area contributed by atoms with E-state index in [1.54, 1.807) is 0 Å². The smallest absolute Gasteiger partial charge is 0.348 e. The molecule has 0 aromatic carbocycles. The molecule has 1 aliphatic carbocycles. The van der Waals surface area contributed by atoms with Crippen LogP contribution in [0.15, 0.2) is 9.85 Å². The molecule has 0 unspecified atom stereocenters. The van der Waals surface area contributed by atoms with Crippen molar-refractivity contribution in [1.82, 2.24) is 0 Å². The molecule has 2 rings (SSSR count). The minimum atomic E-state index is -0.163. The molecule has 0 aliphatic heterocycles. The van der Waals surface area contributed by atoms with Gasteiger partial charge in [-0.2, -0.15) is 0 Å². The van der Waals surface area contributed by atoms with Crippen molar-refractivity contribution in [1.29, 1.82) is 0 Å². The molecule has 1 aromatic heterocycles. The normalized spacial score (nSPS) is 17.1. The summed E-state index contributed by atoms with van der Waals surface area (Å²) in [6, 6.07) is 2.10. The summed E-state index contributed by atoms with van der Waals surface area (Å²) >= 11 is 4.98. The predicted molar refractivity (Wildman–Crippen MR) is 73.8 cm³/mol. The lowest BCUT2D eigenvalue weighted by atomic mass is 9.84. The van der Waals surface area contributed by atoms with E-state index in [0.29, 0.717) is 12.5 Å². The predicted octanol–water partition coefficient (Wildman–Crippen LogP) is 4.74. The number of carbonyl (C=O) groups excluding carboxylic acids is 1. The maximum absolute atomic E-state index is 11.9. The van der Waals surface area contributed by atoms with Gasteiger partial charge in [-0.15, -0.1) is 11.3 Å². The third-order valence-electron chi connectivity index (χ3n) is 3.24. The van der Waals surface area contributed by atoms with Crippen molar-refractivity contribution in [2.75, 3.05) is 6.61 Å². The number of halogens is 1. The highest BCUT2D eigenvalue weighted by Gasteiger charge is 2.24. The van der Waals surface area contributed by atoms with E-state index >= 15 is 0 Å². The van der Waals surface area contributed by atoms with E-state index in [4.69, 9.17) is 4.74 Å². The van der Waals surface area contributed by atoms with Crippen LogP contribution in [0, 0.1) is 0 Å². The molecule has 0 amide bonds. The Hall–Kier alpha value is -0.350. The van der Waals surface area contributed by atoms with Crippen LogP contribution in [0.5, 0.6) is 0 Å². The molecule has 1 fully saturated rings. The molecule has 4 heteroatoms. The number of ether oxygens (including phenoxy) is 1. The molecule has 94 valence electrons. The van der Waals surface area contributed by atoms with Crippen molar-refractivity contribution in [3.63, 3.8) is 0 Å². The second-order valence-corrected chi connectivity index (χ2v) is 6.82. The van der Waals surface area contributed by atoms with E-state index in [9.17, 15) is 4.79 Å². The van der Waals surface area contributed by atoms with Crippen LogP contribution in [0.4, 0.5) is 0 Å². The summed E-state index contributed by atoms with van der Waals surface area (Å²) in [4.78, 5) is 12.7. The lowest BCUT2D eigenvalue weighted by molar-refractivity contribution is 0.0530. The van der Waals surface area contributed by atoms with Crippen molar-refractivity contribution in [2.45, 2.75) is 44.9 Å². The Morgan fingerprint density at radius 3 is 2.82 bits per heavy atom. The van der Waals surface area contributed by atoms with E-state index in [0.717, 1.165) is 8.66 Å². The number of hydrogen-bond donors (Lipinski definition) is 0. The van der Waals surface area contributed by atoms with Gasteiger partial charge in [-0.05, 0) is 53.2 Å². The minimum absolute atomic E-state index is 0.163. The fourth-order valence-electron chi connectivity index (χ4n) is 2.45. The van der Waals surface area contributed by atoms with Crippen LogP contribution in [0.25, 0.3) is 0 Å². The standard InChI is InChI=1S/C13H17BrO2S/c1-2-16-13(15)12-10(8-11(14)17-12)9-6-4-3-5-7-9/h8-9H,2-7H2,1H3. The van der Waals surface area contributed by atoms with Gasteiger partial charge in [0.15, 0.2) is 0 Å². The van der Waals surface area contributed by atoms with E-state index < -0.39 is 0 Å². The maximum atomic E-state index is 11.9. The summed E-state index contributed by atoms with van der Waals surface area (Å²) < 4.78 is 6.15. The molecule has 0 N–H and O–H groups in total. The Labute approximate surface area is 114 Å². The summed E-state index contributed by atoms with van der Waals surface area (Å²) in [5, 5.41) is 0. The van der Waals surface area contributed by atoms with Crippen LogP contribution in [-0.2, 0) is 4.74 Å². The lowest BCUT2D eigenvalue weighted by Crippen LogP contribution is -2.10. The molecule has 0 bridgehead atoms. The van der Waals surface area contributed by atoms with Gasteiger partial charge < -0.3 is 4.74 Å². The van der Waals surface area contributed by atoms with Gasteiger partial charge in [0.1, 0.15) is 4.88 Å². The Morgan fingerprint density at radius 1 is 1.47 bits per heavy atom. The third-order valence-corrected chi connectivity index (χ3v) is 4.87. The largest absolute Gasteiger partial charge is 0.462 e. The van der Waals surface area contributed by atoms with Crippen LogP contribution < -0.4 is 0 Å². The highest BCUT2D eigenvalue weighted by atomic mass is 79.9. The first kappa shape index (κ1) is 13.1.